The van der Waals surface area contributed by atoms with Gasteiger partial charge in [-0.05, 0) is 31.7 Å². The maximum Gasteiger partial charge on any atom is 0.185 e. The van der Waals surface area contributed by atoms with Crippen LogP contribution in [-0.4, -0.2) is 24.1 Å². The minimum atomic E-state index is 0.709. The van der Waals surface area contributed by atoms with Crippen molar-refractivity contribution in [3.05, 3.63) is 11.1 Å². The lowest BCUT2D eigenvalue weighted by molar-refractivity contribution is 0.554. The van der Waals surface area contributed by atoms with E-state index in [1.165, 1.54) is 35.8 Å². The first-order valence-electron chi connectivity index (χ1n) is 7.12. The monoisotopic (exact) mass is 267 g/mol. The summed E-state index contributed by atoms with van der Waals surface area (Å²) in [4.78, 5) is 8.45. The number of thiazole rings is 1. The molecule has 102 valence electrons. The fraction of sp³-hybridized carbons (Fsp3) is 0.786. The summed E-state index contributed by atoms with van der Waals surface area (Å²) in [7, 11) is 0. The highest BCUT2D eigenvalue weighted by Gasteiger charge is 2.25. The Morgan fingerprint density at radius 1 is 1.56 bits per heavy atom. The number of nitrogens with zero attached hydrogens (tertiary/aromatic N) is 2. The van der Waals surface area contributed by atoms with Gasteiger partial charge in [0.15, 0.2) is 5.13 Å². The minimum absolute atomic E-state index is 0.709. The van der Waals surface area contributed by atoms with Gasteiger partial charge < -0.3 is 10.2 Å². The minimum Gasteiger partial charge on any atom is -0.345 e. The van der Waals surface area contributed by atoms with Gasteiger partial charge in [-0.1, -0.05) is 20.8 Å². The van der Waals surface area contributed by atoms with Crippen LogP contribution >= 0.6 is 11.3 Å². The van der Waals surface area contributed by atoms with Crippen LogP contribution in [0.1, 0.15) is 44.9 Å². The number of anilines is 1. The van der Waals surface area contributed by atoms with Crippen molar-refractivity contribution in [3.8, 4) is 0 Å². The summed E-state index contributed by atoms with van der Waals surface area (Å²) in [5, 5.41) is 4.70. The number of aromatic nitrogens is 1. The highest BCUT2D eigenvalue weighted by Crippen LogP contribution is 2.30. The summed E-state index contributed by atoms with van der Waals surface area (Å²) in [6, 6.07) is 0.715. The van der Waals surface area contributed by atoms with Crippen LogP contribution in [0.2, 0.25) is 0 Å². The molecule has 0 amide bonds. The molecule has 1 unspecified atom stereocenters. The van der Waals surface area contributed by atoms with E-state index in [0.717, 1.165) is 13.1 Å². The highest BCUT2D eigenvalue weighted by atomic mass is 32.1. The predicted octanol–water partition coefficient (Wildman–Crippen LogP) is 3.27. The van der Waals surface area contributed by atoms with Gasteiger partial charge in [0.25, 0.3) is 0 Å². The Hall–Kier alpha value is -0.610. The molecule has 1 N–H and O–H groups in total. The highest BCUT2D eigenvalue weighted by molar-refractivity contribution is 7.15. The fourth-order valence-corrected chi connectivity index (χ4v) is 3.48. The predicted molar refractivity (Wildman–Crippen MR) is 79.3 cm³/mol. The van der Waals surface area contributed by atoms with E-state index in [-0.39, 0.29) is 0 Å². The van der Waals surface area contributed by atoms with Crippen LogP contribution in [0.15, 0.2) is 6.20 Å². The molecule has 2 heterocycles. The summed E-state index contributed by atoms with van der Waals surface area (Å²) in [5.41, 5.74) is 0. The fourth-order valence-electron chi connectivity index (χ4n) is 2.51. The Morgan fingerprint density at radius 2 is 2.39 bits per heavy atom. The van der Waals surface area contributed by atoms with Crippen molar-refractivity contribution >= 4 is 16.5 Å². The summed E-state index contributed by atoms with van der Waals surface area (Å²) >= 11 is 1.85. The first-order valence-corrected chi connectivity index (χ1v) is 7.94. The van der Waals surface area contributed by atoms with Crippen molar-refractivity contribution in [2.75, 3.05) is 18.0 Å². The molecular formula is C14H25N3S. The molecule has 1 atom stereocenters. The molecule has 1 aliphatic heterocycles. The maximum atomic E-state index is 4.60. The van der Waals surface area contributed by atoms with Gasteiger partial charge >= 0.3 is 0 Å². The van der Waals surface area contributed by atoms with E-state index < -0.39 is 0 Å². The lowest BCUT2D eigenvalue weighted by Crippen LogP contribution is -2.28. The number of nitrogens with one attached hydrogen (secondary N) is 1. The van der Waals surface area contributed by atoms with Gasteiger partial charge in [0, 0.05) is 30.2 Å². The Kier molecular flexibility index (Phi) is 5.01. The van der Waals surface area contributed by atoms with Crippen molar-refractivity contribution in [1.29, 1.82) is 0 Å². The van der Waals surface area contributed by atoms with Crippen LogP contribution in [0, 0.1) is 5.92 Å². The molecule has 0 aromatic carbocycles. The molecule has 0 aliphatic carbocycles. The van der Waals surface area contributed by atoms with Crippen LogP contribution in [0.5, 0.6) is 0 Å². The summed E-state index contributed by atoms with van der Waals surface area (Å²) in [6.07, 6.45) is 5.93. The molecule has 1 fully saturated rings. The average Bonchev–Trinajstić information content (AvgIpc) is 2.95. The normalized spacial score (nSPS) is 20.0. The van der Waals surface area contributed by atoms with Gasteiger partial charge in [0.1, 0.15) is 0 Å². The second-order valence-electron chi connectivity index (χ2n) is 5.53. The third-order valence-corrected chi connectivity index (χ3v) is 4.52. The Balaban J connectivity index is 1.89. The Bertz CT molecular complexity index is 362. The zero-order valence-corrected chi connectivity index (χ0v) is 12.6. The second kappa shape index (κ2) is 6.53. The van der Waals surface area contributed by atoms with Crippen molar-refractivity contribution in [2.24, 2.45) is 5.92 Å². The molecule has 3 nitrogen and oxygen atoms in total. The zero-order chi connectivity index (χ0) is 13.0. The van der Waals surface area contributed by atoms with E-state index in [4.69, 9.17) is 0 Å². The van der Waals surface area contributed by atoms with E-state index in [0.29, 0.717) is 12.0 Å². The van der Waals surface area contributed by atoms with Crippen LogP contribution in [0.4, 0.5) is 5.13 Å². The van der Waals surface area contributed by atoms with Crippen molar-refractivity contribution in [1.82, 2.24) is 10.3 Å². The van der Waals surface area contributed by atoms with E-state index in [9.17, 15) is 0 Å². The first kappa shape index (κ1) is 13.8. The molecule has 1 saturated heterocycles. The van der Waals surface area contributed by atoms with Crippen molar-refractivity contribution in [3.63, 3.8) is 0 Å². The molecule has 2 rings (SSSR count). The standard InChI is InChI=1S/C14H25N3S/c1-4-12-6-5-7-17(12)14-16-10-13(18-14)9-15-8-11(2)3/h10-12,15H,4-9H2,1-3H3. The Morgan fingerprint density at radius 3 is 3.11 bits per heavy atom. The largest absolute Gasteiger partial charge is 0.345 e. The molecule has 4 heteroatoms. The quantitative estimate of drug-likeness (QED) is 0.857. The first-order chi connectivity index (χ1) is 8.70. The van der Waals surface area contributed by atoms with Crippen LogP contribution in [0.25, 0.3) is 0 Å². The molecule has 0 saturated carbocycles. The number of hydrogen-bond donors (Lipinski definition) is 1. The van der Waals surface area contributed by atoms with Crippen LogP contribution in [0.3, 0.4) is 0 Å². The molecule has 1 aliphatic rings. The molecule has 1 aromatic heterocycles. The smallest absolute Gasteiger partial charge is 0.185 e. The topological polar surface area (TPSA) is 28.2 Å². The van der Waals surface area contributed by atoms with Crippen molar-refractivity contribution in [2.45, 2.75) is 52.6 Å². The van der Waals surface area contributed by atoms with Gasteiger partial charge in [0.2, 0.25) is 0 Å². The van der Waals surface area contributed by atoms with Crippen LogP contribution in [-0.2, 0) is 6.54 Å². The summed E-state index contributed by atoms with van der Waals surface area (Å²) in [5.74, 6) is 0.709. The second-order valence-corrected chi connectivity index (χ2v) is 6.63. The lowest BCUT2D eigenvalue weighted by Gasteiger charge is -2.22. The van der Waals surface area contributed by atoms with Gasteiger partial charge in [0.05, 0.1) is 0 Å². The summed E-state index contributed by atoms with van der Waals surface area (Å²) < 4.78 is 0. The van der Waals surface area contributed by atoms with Crippen LogP contribution < -0.4 is 10.2 Å². The molecular weight excluding hydrogens is 242 g/mol. The third kappa shape index (κ3) is 3.45. The maximum absolute atomic E-state index is 4.60. The van der Waals surface area contributed by atoms with Gasteiger partial charge in [-0.2, -0.15) is 0 Å². The van der Waals surface area contributed by atoms with E-state index in [2.05, 4.69) is 36.0 Å². The molecule has 1 aromatic rings. The SMILES string of the molecule is CCC1CCCN1c1ncc(CNCC(C)C)s1. The molecule has 0 spiro atoms. The van der Waals surface area contributed by atoms with E-state index in [1.807, 2.05) is 17.5 Å². The lowest BCUT2D eigenvalue weighted by atomic mass is 10.2. The molecule has 0 radical (unpaired) electrons. The van der Waals surface area contributed by atoms with Gasteiger partial charge in [-0.3, -0.25) is 0 Å². The zero-order valence-electron chi connectivity index (χ0n) is 11.8. The van der Waals surface area contributed by atoms with E-state index >= 15 is 0 Å². The van der Waals surface area contributed by atoms with Gasteiger partial charge in [-0.15, -0.1) is 11.3 Å². The van der Waals surface area contributed by atoms with E-state index in [1.54, 1.807) is 0 Å². The number of rotatable bonds is 6. The van der Waals surface area contributed by atoms with Crippen molar-refractivity contribution < 1.29 is 0 Å². The average molecular weight is 267 g/mol. The number of hydrogen-bond acceptors (Lipinski definition) is 4. The van der Waals surface area contributed by atoms with Gasteiger partial charge in [-0.25, -0.2) is 4.98 Å². The molecule has 18 heavy (non-hydrogen) atoms. The Labute approximate surface area is 115 Å². The third-order valence-electron chi connectivity index (χ3n) is 3.49. The molecule has 0 bridgehead atoms. The summed E-state index contributed by atoms with van der Waals surface area (Å²) in [6.45, 7) is 9.98.